The van der Waals surface area contributed by atoms with Crippen molar-refractivity contribution in [2.45, 2.75) is 33.2 Å². The molecule has 7 heteroatoms. The Hall–Kier alpha value is -1.37. The van der Waals surface area contributed by atoms with E-state index < -0.39 is 9.84 Å². The van der Waals surface area contributed by atoms with Crippen LogP contribution >= 0.6 is 0 Å². The maximum Gasteiger partial charge on any atom is 0.152 e. The predicted molar refractivity (Wildman–Crippen MR) is 85.7 cm³/mol. The molecule has 118 valence electrons. The van der Waals surface area contributed by atoms with Gasteiger partial charge in [-0.3, -0.25) is 0 Å². The van der Waals surface area contributed by atoms with Crippen molar-refractivity contribution < 1.29 is 8.42 Å². The highest BCUT2D eigenvalue weighted by atomic mass is 32.2. The van der Waals surface area contributed by atoms with E-state index in [0.29, 0.717) is 6.42 Å². The molecule has 1 aromatic rings. The minimum Gasteiger partial charge on any atom is -0.357 e. The fraction of sp³-hybridized carbons (Fsp3) is 0.714. The number of sulfone groups is 1. The van der Waals surface area contributed by atoms with E-state index in [2.05, 4.69) is 33.6 Å². The van der Waals surface area contributed by atoms with E-state index in [1.165, 1.54) is 0 Å². The van der Waals surface area contributed by atoms with Crippen molar-refractivity contribution in [1.82, 2.24) is 9.97 Å². The Kier molecular flexibility index (Phi) is 5.03. The maximum atomic E-state index is 11.7. The molecule has 21 heavy (non-hydrogen) atoms. The van der Waals surface area contributed by atoms with E-state index in [1.54, 1.807) is 6.33 Å². The molecular formula is C14H24N4O2S. The lowest BCUT2D eigenvalue weighted by molar-refractivity contribution is 0.599. The molecule has 1 fully saturated rings. The maximum absolute atomic E-state index is 11.7. The Bertz CT molecular complexity index is 572. The highest BCUT2D eigenvalue weighted by molar-refractivity contribution is 7.91. The summed E-state index contributed by atoms with van der Waals surface area (Å²) in [5.41, 5.74) is 0. The predicted octanol–water partition coefficient (Wildman–Crippen LogP) is 1.34. The van der Waals surface area contributed by atoms with Gasteiger partial charge in [-0.1, -0.05) is 0 Å². The zero-order chi connectivity index (χ0) is 15.5. The number of nitrogens with zero attached hydrogens (tertiary/aromatic N) is 4. The molecule has 0 radical (unpaired) electrons. The van der Waals surface area contributed by atoms with Crippen LogP contribution in [0.5, 0.6) is 0 Å². The van der Waals surface area contributed by atoms with Gasteiger partial charge in [0.15, 0.2) is 9.84 Å². The first-order chi connectivity index (χ1) is 10.0. The van der Waals surface area contributed by atoms with E-state index >= 15 is 0 Å². The Morgan fingerprint density at radius 3 is 2.33 bits per heavy atom. The van der Waals surface area contributed by atoms with Crippen molar-refractivity contribution in [3.8, 4) is 0 Å². The van der Waals surface area contributed by atoms with Gasteiger partial charge in [-0.2, -0.15) is 0 Å². The van der Waals surface area contributed by atoms with Crippen LogP contribution in [0, 0.1) is 0 Å². The number of rotatable bonds is 6. The second-order valence-corrected chi connectivity index (χ2v) is 7.48. The summed E-state index contributed by atoms with van der Waals surface area (Å²) in [6.45, 7) is 8.73. The summed E-state index contributed by atoms with van der Waals surface area (Å²) in [4.78, 5) is 12.9. The summed E-state index contributed by atoms with van der Waals surface area (Å²) < 4.78 is 23.4. The summed E-state index contributed by atoms with van der Waals surface area (Å²) in [7, 11) is -2.89. The van der Waals surface area contributed by atoms with Gasteiger partial charge >= 0.3 is 0 Å². The third kappa shape index (κ3) is 3.64. The Balaban J connectivity index is 2.24. The highest BCUT2D eigenvalue weighted by Crippen LogP contribution is 2.24. The van der Waals surface area contributed by atoms with Crippen LogP contribution in [0.1, 0.15) is 27.2 Å². The Morgan fingerprint density at radius 2 is 1.81 bits per heavy atom. The lowest BCUT2D eigenvalue weighted by Crippen LogP contribution is -2.37. The molecular weight excluding hydrogens is 288 g/mol. The molecule has 0 saturated carbocycles. The van der Waals surface area contributed by atoms with Crippen molar-refractivity contribution in [2.75, 3.05) is 40.9 Å². The second kappa shape index (κ2) is 6.60. The van der Waals surface area contributed by atoms with Gasteiger partial charge in [-0.25, -0.2) is 18.4 Å². The molecule has 1 atom stereocenters. The monoisotopic (exact) mass is 312 g/mol. The molecule has 0 aromatic carbocycles. The standard InChI is InChI=1S/C14H24N4O2S/c1-4-17(5-2)13-9-14(16-11-15-13)18(6-3)12-7-8-21(19,20)10-12/h9,11-12H,4-8,10H2,1-3H3. The molecule has 6 nitrogen and oxygen atoms in total. The first-order valence-electron chi connectivity index (χ1n) is 7.54. The zero-order valence-electron chi connectivity index (χ0n) is 13.0. The highest BCUT2D eigenvalue weighted by Gasteiger charge is 2.32. The van der Waals surface area contributed by atoms with Crippen molar-refractivity contribution in [3.63, 3.8) is 0 Å². The van der Waals surface area contributed by atoms with Gasteiger partial charge in [0.05, 0.1) is 11.5 Å². The number of aromatic nitrogens is 2. The smallest absolute Gasteiger partial charge is 0.152 e. The first kappa shape index (κ1) is 16.0. The molecule has 0 bridgehead atoms. The number of anilines is 2. The quantitative estimate of drug-likeness (QED) is 0.789. The summed E-state index contributed by atoms with van der Waals surface area (Å²) in [6.07, 6.45) is 2.25. The molecule has 0 N–H and O–H groups in total. The van der Waals surface area contributed by atoms with Crippen molar-refractivity contribution in [1.29, 1.82) is 0 Å². The minimum atomic E-state index is -2.89. The van der Waals surface area contributed by atoms with Gasteiger partial charge < -0.3 is 9.80 Å². The number of hydrogen-bond donors (Lipinski definition) is 0. The minimum absolute atomic E-state index is 0.0273. The molecule has 1 aliphatic rings. The van der Waals surface area contributed by atoms with Crippen LogP contribution in [0.15, 0.2) is 12.4 Å². The topological polar surface area (TPSA) is 66.4 Å². The van der Waals surface area contributed by atoms with Crippen LogP contribution in [0.3, 0.4) is 0 Å². The van der Waals surface area contributed by atoms with Gasteiger partial charge in [0.25, 0.3) is 0 Å². The molecule has 0 spiro atoms. The Labute approximate surface area is 127 Å². The molecule has 2 rings (SSSR count). The normalized spacial score (nSPS) is 20.4. The summed E-state index contributed by atoms with van der Waals surface area (Å²) in [5.74, 6) is 2.22. The van der Waals surface area contributed by atoms with Crippen LogP contribution < -0.4 is 9.80 Å². The molecule has 0 aliphatic carbocycles. The van der Waals surface area contributed by atoms with Crippen molar-refractivity contribution in [3.05, 3.63) is 12.4 Å². The van der Waals surface area contributed by atoms with Gasteiger partial charge in [-0.05, 0) is 27.2 Å². The fourth-order valence-electron chi connectivity index (χ4n) is 2.84. The van der Waals surface area contributed by atoms with E-state index in [-0.39, 0.29) is 17.5 Å². The first-order valence-corrected chi connectivity index (χ1v) is 9.36. The summed E-state index contributed by atoms with van der Waals surface area (Å²) in [5, 5.41) is 0. The van der Waals surface area contributed by atoms with Gasteiger partial charge in [-0.15, -0.1) is 0 Å². The number of hydrogen-bond acceptors (Lipinski definition) is 6. The average Bonchev–Trinajstić information content (AvgIpc) is 2.82. The molecule has 1 saturated heterocycles. The van der Waals surface area contributed by atoms with Crippen LogP contribution in [0.25, 0.3) is 0 Å². The third-order valence-corrected chi connectivity index (χ3v) is 5.76. The molecule has 1 aliphatic heterocycles. The second-order valence-electron chi connectivity index (χ2n) is 5.25. The average molecular weight is 312 g/mol. The molecule has 1 unspecified atom stereocenters. The Morgan fingerprint density at radius 1 is 1.14 bits per heavy atom. The van der Waals surface area contributed by atoms with Crippen LogP contribution in [-0.2, 0) is 9.84 Å². The van der Waals surface area contributed by atoms with E-state index in [1.807, 2.05) is 13.0 Å². The van der Waals surface area contributed by atoms with Gasteiger partial charge in [0, 0.05) is 31.7 Å². The molecule has 2 heterocycles. The lowest BCUT2D eigenvalue weighted by atomic mass is 10.2. The summed E-state index contributed by atoms with van der Waals surface area (Å²) in [6, 6.07) is 1.99. The van der Waals surface area contributed by atoms with E-state index in [9.17, 15) is 8.42 Å². The third-order valence-electron chi connectivity index (χ3n) is 4.01. The van der Waals surface area contributed by atoms with Gasteiger partial charge in [0.1, 0.15) is 18.0 Å². The van der Waals surface area contributed by atoms with Gasteiger partial charge in [0.2, 0.25) is 0 Å². The van der Waals surface area contributed by atoms with Crippen LogP contribution in [0.2, 0.25) is 0 Å². The van der Waals surface area contributed by atoms with Crippen molar-refractivity contribution >= 4 is 21.5 Å². The van der Waals surface area contributed by atoms with Crippen LogP contribution in [0.4, 0.5) is 11.6 Å². The SMILES string of the molecule is CCN(CC)c1cc(N(CC)C2CCS(=O)(=O)C2)ncn1. The summed E-state index contributed by atoms with van der Waals surface area (Å²) >= 11 is 0. The lowest BCUT2D eigenvalue weighted by Gasteiger charge is -2.29. The van der Waals surface area contributed by atoms with Crippen LogP contribution in [-0.4, -0.2) is 55.6 Å². The fourth-order valence-corrected chi connectivity index (χ4v) is 4.57. The largest absolute Gasteiger partial charge is 0.357 e. The molecule has 1 aromatic heterocycles. The van der Waals surface area contributed by atoms with E-state index in [4.69, 9.17) is 0 Å². The zero-order valence-corrected chi connectivity index (χ0v) is 13.8. The molecule has 0 amide bonds. The van der Waals surface area contributed by atoms with Crippen molar-refractivity contribution in [2.24, 2.45) is 0 Å². The van der Waals surface area contributed by atoms with E-state index in [0.717, 1.165) is 31.3 Å².